The van der Waals surface area contributed by atoms with Gasteiger partial charge in [0.1, 0.15) is 11.9 Å². The molecule has 2 aromatic rings. The average molecular weight is 629 g/mol. The Balaban J connectivity index is 0.000000646. The zero-order valence-electron chi connectivity index (χ0n) is 23.6. The summed E-state index contributed by atoms with van der Waals surface area (Å²) in [4.78, 5) is 51.2. The molecule has 4 N–H and O–H groups in total. The van der Waals surface area contributed by atoms with Crippen LogP contribution in [0.25, 0.3) is 0 Å². The van der Waals surface area contributed by atoms with Crippen molar-refractivity contribution < 1.29 is 41.1 Å². The third-order valence-corrected chi connectivity index (χ3v) is 9.98. The molecule has 2 saturated carbocycles. The van der Waals surface area contributed by atoms with E-state index in [0.29, 0.717) is 25.0 Å². The Kier molecular flexibility index (Phi) is 11.1. The molecule has 2 aromatic heterocycles. The van der Waals surface area contributed by atoms with Gasteiger partial charge in [0.25, 0.3) is 5.56 Å². The number of carboxylic acid groups (broad SMARTS) is 1. The number of halogens is 3. The van der Waals surface area contributed by atoms with Crippen LogP contribution in [0.1, 0.15) is 86.3 Å². The number of aromatic nitrogens is 2. The lowest BCUT2D eigenvalue weighted by atomic mass is 9.84. The fourth-order valence-electron chi connectivity index (χ4n) is 5.53. The van der Waals surface area contributed by atoms with Crippen LogP contribution < -0.4 is 16.6 Å². The fraction of sp³-hybridized carbons (Fsp3) is 0.536. The first kappa shape index (κ1) is 33.7. The van der Waals surface area contributed by atoms with Crippen molar-refractivity contribution in [2.75, 3.05) is 5.32 Å². The van der Waals surface area contributed by atoms with E-state index in [0.717, 1.165) is 44.9 Å². The van der Waals surface area contributed by atoms with Crippen molar-refractivity contribution in [3.63, 3.8) is 0 Å². The van der Waals surface area contributed by atoms with Crippen LogP contribution in [0.15, 0.2) is 40.2 Å². The third-order valence-electron chi connectivity index (χ3n) is 7.74. The van der Waals surface area contributed by atoms with Crippen molar-refractivity contribution in [1.29, 1.82) is 0 Å². The molecule has 2 amide bonds. The first-order chi connectivity index (χ1) is 20.1. The first-order valence-electron chi connectivity index (χ1n) is 13.9. The van der Waals surface area contributed by atoms with Gasteiger partial charge in [-0.05, 0) is 50.3 Å². The Bertz CT molecular complexity index is 1480. The van der Waals surface area contributed by atoms with Crippen molar-refractivity contribution in [2.45, 2.75) is 93.5 Å². The number of nitrogens with one attached hydrogen (secondary N) is 1. The summed E-state index contributed by atoms with van der Waals surface area (Å²) in [6.07, 6.45) is 4.94. The maximum Gasteiger partial charge on any atom is 0.490 e. The van der Waals surface area contributed by atoms with Crippen LogP contribution in [0.4, 0.5) is 19.0 Å². The molecule has 2 heterocycles. The summed E-state index contributed by atoms with van der Waals surface area (Å²) in [5.74, 6) is -3.26. The van der Waals surface area contributed by atoms with Crippen molar-refractivity contribution in [3.05, 3.63) is 52.1 Å². The first-order valence-corrected chi connectivity index (χ1v) is 15.5. The smallest absolute Gasteiger partial charge is 0.475 e. The standard InChI is InChI=1S/C26H34N4O5S.C2HF3O2/c1-17-13-21(36(34,35)20-9-5-6-10-20)15-24(31)30(17)22(14-18-7-3-2-4-8-18)26(33)29-23-12-11-19(16-28-23)25(27)32;3-2(4,5)1(6)7/h11-13,15-16,18,20,22H,2-10,14H2,1H3,(H2,27,32)(H,28,29,33);(H,6,7). The van der Waals surface area contributed by atoms with Gasteiger partial charge in [-0.1, -0.05) is 44.9 Å². The number of carboxylic acids is 1. The molecule has 0 spiro atoms. The molecule has 2 fully saturated rings. The number of hydrogen-bond donors (Lipinski definition) is 3. The lowest BCUT2D eigenvalue weighted by Crippen LogP contribution is -2.37. The number of carbonyl (C=O) groups excluding carboxylic acids is 2. The number of primary amides is 1. The highest BCUT2D eigenvalue weighted by Crippen LogP contribution is 2.33. The van der Waals surface area contributed by atoms with Gasteiger partial charge in [-0.2, -0.15) is 13.2 Å². The Labute approximate surface area is 246 Å². The fourth-order valence-corrected chi connectivity index (χ4v) is 7.47. The van der Waals surface area contributed by atoms with Crippen molar-refractivity contribution >= 4 is 33.4 Å². The van der Waals surface area contributed by atoms with Gasteiger partial charge in [0, 0.05) is 18.0 Å². The highest BCUT2D eigenvalue weighted by atomic mass is 32.2. The van der Waals surface area contributed by atoms with Gasteiger partial charge in [0.15, 0.2) is 9.84 Å². The second-order valence-electron chi connectivity index (χ2n) is 10.8. The second kappa shape index (κ2) is 14.1. The number of anilines is 1. The molecule has 0 aliphatic heterocycles. The number of hydrogen-bond acceptors (Lipinski definition) is 7. The minimum absolute atomic E-state index is 0.0358. The van der Waals surface area contributed by atoms with Gasteiger partial charge in [0.05, 0.1) is 15.7 Å². The Morgan fingerprint density at radius 2 is 1.65 bits per heavy atom. The topological polar surface area (TPSA) is 179 Å². The molecule has 2 aliphatic carbocycles. The molecule has 236 valence electrons. The van der Waals surface area contributed by atoms with Crippen LogP contribution in [0.2, 0.25) is 0 Å². The summed E-state index contributed by atoms with van der Waals surface area (Å²) in [7, 11) is -3.59. The van der Waals surface area contributed by atoms with E-state index < -0.39 is 50.6 Å². The summed E-state index contributed by atoms with van der Waals surface area (Å²) in [6, 6.07) is 4.84. The number of rotatable bonds is 8. The van der Waals surface area contributed by atoms with Gasteiger partial charge >= 0.3 is 12.1 Å². The van der Waals surface area contributed by atoms with Gasteiger partial charge in [-0.15, -0.1) is 0 Å². The number of alkyl halides is 3. The molecule has 0 saturated heterocycles. The molecule has 1 unspecified atom stereocenters. The number of sulfone groups is 1. The van der Waals surface area contributed by atoms with Gasteiger partial charge in [0.2, 0.25) is 11.8 Å². The van der Waals surface area contributed by atoms with E-state index in [1.807, 2.05) is 0 Å². The Morgan fingerprint density at radius 3 is 2.14 bits per heavy atom. The molecule has 0 bridgehead atoms. The monoisotopic (exact) mass is 628 g/mol. The van der Waals surface area contributed by atoms with Crippen LogP contribution in [0.5, 0.6) is 0 Å². The lowest BCUT2D eigenvalue weighted by molar-refractivity contribution is -0.192. The highest BCUT2D eigenvalue weighted by molar-refractivity contribution is 7.92. The normalized spacial score (nSPS) is 17.0. The van der Waals surface area contributed by atoms with E-state index >= 15 is 0 Å². The quantitative estimate of drug-likeness (QED) is 0.390. The number of carbonyl (C=O) groups is 3. The van der Waals surface area contributed by atoms with Gasteiger partial charge < -0.3 is 20.7 Å². The average Bonchev–Trinajstić information content (AvgIpc) is 3.49. The Hall–Kier alpha value is -3.75. The summed E-state index contributed by atoms with van der Waals surface area (Å²) in [6.45, 7) is 1.68. The zero-order chi connectivity index (χ0) is 31.9. The molecular formula is C28H35F3N4O7S. The molecular weight excluding hydrogens is 593 g/mol. The Morgan fingerprint density at radius 1 is 1.07 bits per heavy atom. The van der Waals surface area contributed by atoms with Crippen LogP contribution in [0.3, 0.4) is 0 Å². The van der Waals surface area contributed by atoms with Gasteiger partial charge in [-0.3, -0.25) is 14.4 Å². The van der Waals surface area contributed by atoms with E-state index in [-0.39, 0.29) is 22.2 Å². The minimum Gasteiger partial charge on any atom is -0.475 e. The van der Waals surface area contributed by atoms with E-state index in [1.54, 1.807) is 6.92 Å². The van der Waals surface area contributed by atoms with E-state index in [1.165, 1.54) is 35.0 Å². The molecule has 2 aliphatic rings. The summed E-state index contributed by atoms with van der Waals surface area (Å²) in [5.41, 5.74) is 5.42. The van der Waals surface area contributed by atoms with E-state index in [9.17, 15) is 36.0 Å². The second-order valence-corrected chi connectivity index (χ2v) is 13.1. The van der Waals surface area contributed by atoms with Crippen LogP contribution in [-0.2, 0) is 19.4 Å². The minimum atomic E-state index is -5.08. The van der Waals surface area contributed by atoms with Crippen molar-refractivity contribution in [2.24, 2.45) is 11.7 Å². The van der Waals surface area contributed by atoms with Crippen LogP contribution in [-0.4, -0.2) is 52.3 Å². The molecule has 0 radical (unpaired) electrons. The molecule has 15 heteroatoms. The number of nitrogens with two attached hydrogens (primary N) is 1. The van der Waals surface area contributed by atoms with E-state index in [4.69, 9.17) is 15.6 Å². The molecule has 1 atom stereocenters. The summed E-state index contributed by atoms with van der Waals surface area (Å²) >= 11 is 0. The summed E-state index contributed by atoms with van der Waals surface area (Å²) in [5, 5.41) is 9.43. The third kappa shape index (κ3) is 8.88. The zero-order valence-corrected chi connectivity index (χ0v) is 24.4. The highest BCUT2D eigenvalue weighted by Gasteiger charge is 2.38. The number of pyridine rings is 2. The number of nitrogens with zero attached hydrogens (tertiary/aromatic N) is 2. The predicted octanol–water partition coefficient (Wildman–Crippen LogP) is 4.15. The maximum absolute atomic E-state index is 13.5. The molecule has 4 rings (SSSR count). The SMILES string of the molecule is Cc1cc(S(=O)(=O)C2CCCC2)cc(=O)n1C(CC1CCCCC1)C(=O)Nc1ccc(C(N)=O)cn1.O=C(O)C(F)(F)F. The molecule has 0 aromatic carbocycles. The maximum atomic E-state index is 13.5. The van der Waals surface area contributed by atoms with Crippen LogP contribution in [0, 0.1) is 12.8 Å². The van der Waals surface area contributed by atoms with Crippen molar-refractivity contribution in [3.8, 4) is 0 Å². The number of amides is 2. The largest absolute Gasteiger partial charge is 0.490 e. The van der Waals surface area contributed by atoms with Gasteiger partial charge in [-0.25, -0.2) is 18.2 Å². The molecule has 11 nitrogen and oxygen atoms in total. The predicted molar refractivity (Wildman–Crippen MR) is 150 cm³/mol. The van der Waals surface area contributed by atoms with E-state index in [2.05, 4.69) is 10.3 Å². The molecule has 43 heavy (non-hydrogen) atoms. The number of aryl methyl sites for hydroxylation is 1. The van der Waals surface area contributed by atoms with Crippen LogP contribution >= 0.6 is 0 Å². The summed E-state index contributed by atoms with van der Waals surface area (Å²) < 4.78 is 59.4. The lowest BCUT2D eigenvalue weighted by Gasteiger charge is -2.28. The number of aliphatic carboxylic acids is 1. The van der Waals surface area contributed by atoms with Crippen molar-refractivity contribution in [1.82, 2.24) is 9.55 Å².